The van der Waals surface area contributed by atoms with E-state index in [1.807, 2.05) is 6.08 Å². The lowest BCUT2D eigenvalue weighted by Crippen LogP contribution is -2.12. The molecule has 0 unspecified atom stereocenters. The normalized spacial score (nSPS) is 12.8. The second-order valence-electron chi connectivity index (χ2n) is 3.09. The molecule has 74 valence electrons. The van der Waals surface area contributed by atoms with Crippen LogP contribution in [0.15, 0.2) is 36.1 Å². The SMILES string of the molecule is C=C/C(C)=C\C(=C/CC)NCCC. The molecule has 0 aliphatic rings. The summed E-state index contributed by atoms with van der Waals surface area (Å²) in [5, 5.41) is 3.37. The second kappa shape index (κ2) is 7.66. The number of allylic oxidation sites excluding steroid dienone is 4. The molecule has 0 aromatic carbocycles. The van der Waals surface area contributed by atoms with Crippen molar-refractivity contribution in [3.8, 4) is 0 Å². The van der Waals surface area contributed by atoms with Crippen molar-refractivity contribution in [3.05, 3.63) is 36.1 Å². The average Bonchev–Trinajstić information content (AvgIpc) is 2.14. The summed E-state index contributed by atoms with van der Waals surface area (Å²) < 4.78 is 0. The van der Waals surface area contributed by atoms with Crippen LogP contribution in [-0.4, -0.2) is 6.54 Å². The molecule has 0 bridgehead atoms. The Morgan fingerprint density at radius 3 is 2.54 bits per heavy atom. The molecule has 0 amide bonds. The minimum atomic E-state index is 1.03. The van der Waals surface area contributed by atoms with E-state index in [-0.39, 0.29) is 0 Å². The summed E-state index contributed by atoms with van der Waals surface area (Å²) in [6, 6.07) is 0. The van der Waals surface area contributed by atoms with Gasteiger partial charge in [0.2, 0.25) is 0 Å². The van der Waals surface area contributed by atoms with E-state index in [9.17, 15) is 0 Å². The molecule has 0 aliphatic carbocycles. The van der Waals surface area contributed by atoms with Crippen LogP contribution >= 0.6 is 0 Å². The maximum absolute atomic E-state index is 3.73. The van der Waals surface area contributed by atoms with E-state index in [1.54, 1.807) is 0 Å². The van der Waals surface area contributed by atoms with E-state index in [1.165, 1.54) is 11.3 Å². The molecule has 1 N–H and O–H groups in total. The van der Waals surface area contributed by atoms with E-state index in [4.69, 9.17) is 0 Å². The first kappa shape index (κ1) is 12.0. The Morgan fingerprint density at radius 1 is 1.38 bits per heavy atom. The van der Waals surface area contributed by atoms with Gasteiger partial charge in [0, 0.05) is 12.2 Å². The summed E-state index contributed by atoms with van der Waals surface area (Å²) in [7, 11) is 0. The third-order valence-corrected chi connectivity index (χ3v) is 1.71. The highest BCUT2D eigenvalue weighted by molar-refractivity contribution is 5.26. The van der Waals surface area contributed by atoms with Crippen molar-refractivity contribution in [2.45, 2.75) is 33.6 Å². The molecule has 0 saturated carbocycles. The fourth-order valence-electron chi connectivity index (χ4n) is 0.976. The monoisotopic (exact) mass is 179 g/mol. The van der Waals surface area contributed by atoms with Crippen LogP contribution < -0.4 is 5.32 Å². The third-order valence-electron chi connectivity index (χ3n) is 1.71. The van der Waals surface area contributed by atoms with Crippen molar-refractivity contribution in [1.29, 1.82) is 0 Å². The van der Waals surface area contributed by atoms with Gasteiger partial charge in [-0.3, -0.25) is 0 Å². The van der Waals surface area contributed by atoms with Crippen LogP contribution in [0.25, 0.3) is 0 Å². The predicted molar refractivity (Wildman–Crippen MR) is 60.6 cm³/mol. The van der Waals surface area contributed by atoms with Crippen molar-refractivity contribution < 1.29 is 0 Å². The number of rotatable bonds is 6. The molecule has 0 rings (SSSR count). The number of hydrogen-bond acceptors (Lipinski definition) is 1. The van der Waals surface area contributed by atoms with E-state index >= 15 is 0 Å². The molecule has 13 heavy (non-hydrogen) atoms. The smallest absolute Gasteiger partial charge is 0.0302 e. The summed E-state index contributed by atoms with van der Waals surface area (Å²) in [5.74, 6) is 0. The van der Waals surface area contributed by atoms with Crippen LogP contribution in [0.2, 0.25) is 0 Å². The van der Waals surface area contributed by atoms with Gasteiger partial charge in [0.15, 0.2) is 0 Å². The lowest BCUT2D eigenvalue weighted by molar-refractivity contribution is 0.779. The topological polar surface area (TPSA) is 12.0 Å². The summed E-state index contributed by atoms with van der Waals surface area (Å²) in [6.07, 6.45) is 8.42. The van der Waals surface area contributed by atoms with Crippen molar-refractivity contribution in [2.75, 3.05) is 6.54 Å². The molecular formula is C12H21N. The van der Waals surface area contributed by atoms with Gasteiger partial charge in [0.25, 0.3) is 0 Å². The standard InChI is InChI=1S/C12H21N/c1-5-8-12(13-9-6-2)10-11(4)7-3/h7-8,10,13H,3,5-6,9H2,1-2,4H3/b11-10-,12-8+. The molecule has 1 nitrogen and oxygen atoms in total. The zero-order chi connectivity index (χ0) is 10.1. The van der Waals surface area contributed by atoms with Gasteiger partial charge in [-0.05, 0) is 31.4 Å². The molecule has 0 aromatic heterocycles. The average molecular weight is 179 g/mol. The largest absolute Gasteiger partial charge is 0.385 e. The Hall–Kier alpha value is -0.980. The predicted octanol–water partition coefficient (Wildman–Crippen LogP) is 3.41. The minimum absolute atomic E-state index is 1.03. The van der Waals surface area contributed by atoms with Gasteiger partial charge < -0.3 is 5.32 Å². The summed E-state index contributed by atoms with van der Waals surface area (Å²) in [5.41, 5.74) is 2.41. The van der Waals surface area contributed by atoms with E-state index in [2.05, 4.69) is 44.8 Å². The van der Waals surface area contributed by atoms with E-state index in [0.717, 1.165) is 19.4 Å². The number of hydrogen-bond donors (Lipinski definition) is 1. The molecule has 0 aromatic rings. The zero-order valence-electron chi connectivity index (χ0n) is 9.06. The lowest BCUT2D eigenvalue weighted by Gasteiger charge is -2.06. The van der Waals surface area contributed by atoms with Crippen molar-refractivity contribution in [1.82, 2.24) is 5.32 Å². The Balaban J connectivity index is 4.25. The molecule has 0 heterocycles. The van der Waals surface area contributed by atoms with Gasteiger partial charge in [-0.2, -0.15) is 0 Å². The fourth-order valence-corrected chi connectivity index (χ4v) is 0.976. The highest BCUT2D eigenvalue weighted by Crippen LogP contribution is 2.01. The highest BCUT2D eigenvalue weighted by atomic mass is 14.9. The van der Waals surface area contributed by atoms with Gasteiger partial charge in [-0.1, -0.05) is 32.6 Å². The Bertz CT molecular complexity index is 199. The summed E-state index contributed by atoms with van der Waals surface area (Å²) >= 11 is 0. The van der Waals surface area contributed by atoms with Gasteiger partial charge in [0.1, 0.15) is 0 Å². The van der Waals surface area contributed by atoms with Crippen molar-refractivity contribution >= 4 is 0 Å². The molecule has 0 saturated heterocycles. The number of nitrogens with one attached hydrogen (secondary N) is 1. The maximum Gasteiger partial charge on any atom is 0.0302 e. The molecule has 0 fully saturated rings. The van der Waals surface area contributed by atoms with Crippen molar-refractivity contribution in [3.63, 3.8) is 0 Å². The van der Waals surface area contributed by atoms with Gasteiger partial charge >= 0.3 is 0 Å². The first-order chi connectivity index (χ1) is 6.24. The van der Waals surface area contributed by atoms with E-state index < -0.39 is 0 Å². The quantitative estimate of drug-likeness (QED) is 0.616. The highest BCUT2D eigenvalue weighted by Gasteiger charge is 1.90. The summed E-state index contributed by atoms with van der Waals surface area (Å²) in [4.78, 5) is 0. The summed E-state index contributed by atoms with van der Waals surface area (Å²) in [6.45, 7) is 11.1. The maximum atomic E-state index is 3.73. The van der Waals surface area contributed by atoms with Crippen LogP contribution in [0, 0.1) is 0 Å². The Labute approximate surface area is 82.2 Å². The van der Waals surface area contributed by atoms with Crippen LogP contribution in [0.3, 0.4) is 0 Å². The molecule has 0 atom stereocenters. The first-order valence-electron chi connectivity index (χ1n) is 4.99. The minimum Gasteiger partial charge on any atom is -0.385 e. The molecule has 0 aliphatic heterocycles. The van der Waals surface area contributed by atoms with Gasteiger partial charge in [-0.25, -0.2) is 0 Å². The molecule has 0 spiro atoms. The first-order valence-corrected chi connectivity index (χ1v) is 4.99. The lowest BCUT2D eigenvalue weighted by atomic mass is 10.2. The van der Waals surface area contributed by atoms with Crippen LogP contribution in [-0.2, 0) is 0 Å². The van der Waals surface area contributed by atoms with Crippen LogP contribution in [0.5, 0.6) is 0 Å². The van der Waals surface area contributed by atoms with Gasteiger partial charge in [-0.15, -0.1) is 0 Å². The molecule has 1 heteroatoms. The van der Waals surface area contributed by atoms with Crippen LogP contribution in [0.1, 0.15) is 33.6 Å². The van der Waals surface area contributed by atoms with Crippen LogP contribution in [0.4, 0.5) is 0 Å². The van der Waals surface area contributed by atoms with E-state index in [0.29, 0.717) is 0 Å². The van der Waals surface area contributed by atoms with Gasteiger partial charge in [0.05, 0.1) is 0 Å². The molecule has 0 radical (unpaired) electrons. The van der Waals surface area contributed by atoms with Crippen molar-refractivity contribution in [2.24, 2.45) is 0 Å². The fraction of sp³-hybridized carbons (Fsp3) is 0.500. The third kappa shape index (κ3) is 6.21. The Morgan fingerprint density at radius 2 is 2.08 bits per heavy atom. The Kier molecular flexibility index (Phi) is 7.08. The molecular weight excluding hydrogens is 158 g/mol. The second-order valence-corrected chi connectivity index (χ2v) is 3.09. The zero-order valence-corrected chi connectivity index (χ0v) is 9.06.